The fourth-order valence-corrected chi connectivity index (χ4v) is 2.84. The Morgan fingerprint density at radius 2 is 1.75 bits per heavy atom. The van der Waals surface area contributed by atoms with Crippen LogP contribution < -0.4 is 10.1 Å². The zero-order chi connectivity index (χ0) is 14.4. The van der Waals surface area contributed by atoms with E-state index < -0.39 is 0 Å². The third-order valence-corrected chi connectivity index (χ3v) is 3.76. The first-order valence-electron chi connectivity index (χ1n) is 6.96. The van der Waals surface area contributed by atoms with E-state index in [1.165, 1.54) is 14.7 Å². The van der Waals surface area contributed by atoms with Crippen LogP contribution in [0.1, 0.15) is 31.0 Å². The summed E-state index contributed by atoms with van der Waals surface area (Å²) in [5.41, 5.74) is 2.52. The molecule has 0 amide bonds. The van der Waals surface area contributed by atoms with Gasteiger partial charge in [-0.2, -0.15) is 0 Å². The lowest BCUT2D eigenvalue weighted by molar-refractivity contribution is 0.339. The minimum Gasteiger partial charge on any atom is -0.494 e. The molecule has 1 N–H and O–H groups in total. The number of hydrogen-bond donors (Lipinski definition) is 1. The van der Waals surface area contributed by atoms with Crippen molar-refractivity contribution in [1.82, 2.24) is 5.32 Å². The molecule has 2 aromatic carbocycles. The van der Waals surface area contributed by atoms with E-state index in [4.69, 9.17) is 4.74 Å². The molecule has 0 fully saturated rings. The molecule has 1 unspecified atom stereocenters. The Labute approximate surface area is 134 Å². The molecule has 2 aromatic rings. The predicted octanol–water partition coefficient (Wildman–Crippen LogP) is 4.39. The number of benzene rings is 2. The van der Waals surface area contributed by atoms with Gasteiger partial charge in [-0.1, -0.05) is 31.2 Å². The second kappa shape index (κ2) is 7.64. The summed E-state index contributed by atoms with van der Waals surface area (Å²) in [6.07, 6.45) is 0. The zero-order valence-electron chi connectivity index (χ0n) is 11.9. The van der Waals surface area contributed by atoms with Gasteiger partial charge < -0.3 is 10.1 Å². The molecule has 2 nitrogen and oxygen atoms in total. The fourth-order valence-electron chi connectivity index (χ4n) is 2.27. The highest BCUT2D eigenvalue weighted by Crippen LogP contribution is 2.26. The van der Waals surface area contributed by atoms with Gasteiger partial charge in [0.1, 0.15) is 5.75 Å². The molecule has 1 atom stereocenters. The minimum absolute atomic E-state index is 0.204. The van der Waals surface area contributed by atoms with Crippen LogP contribution in [0, 0.1) is 3.57 Å². The fraction of sp³-hybridized carbons (Fsp3) is 0.294. The molecule has 0 aliphatic heterocycles. The molecule has 20 heavy (non-hydrogen) atoms. The summed E-state index contributed by atoms with van der Waals surface area (Å²) in [5.74, 6) is 0.929. The van der Waals surface area contributed by atoms with Crippen molar-refractivity contribution in [3.8, 4) is 5.75 Å². The first-order valence-corrected chi connectivity index (χ1v) is 8.04. The first kappa shape index (κ1) is 15.3. The summed E-state index contributed by atoms with van der Waals surface area (Å²) in [5, 5.41) is 3.55. The van der Waals surface area contributed by atoms with Crippen molar-refractivity contribution in [2.45, 2.75) is 19.9 Å². The summed E-state index contributed by atoms with van der Waals surface area (Å²) in [4.78, 5) is 0. The van der Waals surface area contributed by atoms with Crippen molar-refractivity contribution in [2.24, 2.45) is 0 Å². The number of ether oxygens (including phenoxy) is 1. The van der Waals surface area contributed by atoms with Crippen LogP contribution in [0.2, 0.25) is 0 Å². The van der Waals surface area contributed by atoms with Crippen LogP contribution in [0.15, 0.2) is 48.5 Å². The van der Waals surface area contributed by atoms with E-state index in [1.807, 2.05) is 13.0 Å². The molecule has 0 aliphatic carbocycles. The second-order valence-corrected chi connectivity index (χ2v) is 5.80. The van der Waals surface area contributed by atoms with E-state index >= 15 is 0 Å². The maximum Gasteiger partial charge on any atom is 0.119 e. The lowest BCUT2D eigenvalue weighted by Crippen LogP contribution is -2.22. The predicted molar refractivity (Wildman–Crippen MR) is 92.3 cm³/mol. The van der Waals surface area contributed by atoms with Crippen LogP contribution in [-0.4, -0.2) is 13.2 Å². The lowest BCUT2D eigenvalue weighted by atomic mass is 9.98. The normalized spacial score (nSPS) is 12.2. The van der Waals surface area contributed by atoms with E-state index in [2.05, 4.69) is 77.3 Å². The van der Waals surface area contributed by atoms with Gasteiger partial charge in [-0.15, -0.1) is 0 Å². The molecular formula is C17H20INO. The van der Waals surface area contributed by atoms with Crippen molar-refractivity contribution in [3.63, 3.8) is 0 Å². The summed E-state index contributed by atoms with van der Waals surface area (Å²) in [7, 11) is 0. The van der Waals surface area contributed by atoms with Gasteiger partial charge in [0.2, 0.25) is 0 Å². The average molecular weight is 381 g/mol. The maximum atomic E-state index is 5.61. The quantitative estimate of drug-likeness (QED) is 0.750. The molecule has 0 aliphatic rings. The van der Waals surface area contributed by atoms with Crippen LogP contribution in [0.5, 0.6) is 5.75 Å². The SMILES string of the molecule is CCNC(c1cccc(I)c1)c1cccc(OCC)c1. The van der Waals surface area contributed by atoms with Gasteiger partial charge in [0, 0.05) is 3.57 Å². The van der Waals surface area contributed by atoms with Gasteiger partial charge in [-0.25, -0.2) is 0 Å². The molecular weight excluding hydrogens is 361 g/mol. The summed E-state index contributed by atoms with van der Waals surface area (Å²) >= 11 is 2.35. The van der Waals surface area contributed by atoms with Crippen LogP contribution in [0.3, 0.4) is 0 Å². The van der Waals surface area contributed by atoms with Gasteiger partial charge in [-0.3, -0.25) is 0 Å². The minimum atomic E-state index is 0.204. The molecule has 3 heteroatoms. The molecule has 0 saturated carbocycles. The van der Waals surface area contributed by atoms with Crippen molar-refractivity contribution in [3.05, 3.63) is 63.2 Å². The van der Waals surface area contributed by atoms with Gasteiger partial charge in [-0.05, 0) is 71.5 Å². The topological polar surface area (TPSA) is 21.3 Å². The Kier molecular flexibility index (Phi) is 5.86. The van der Waals surface area contributed by atoms with Gasteiger partial charge >= 0.3 is 0 Å². The molecule has 0 heterocycles. The third kappa shape index (κ3) is 3.96. The maximum absolute atomic E-state index is 5.61. The van der Waals surface area contributed by atoms with Gasteiger partial charge in [0.25, 0.3) is 0 Å². The molecule has 0 aromatic heterocycles. The van der Waals surface area contributed by atoms with E-state index in [-0.39, 0.29) is 6.04 Å². The van der Waals surface area contributed by atoms with Crippen molar-refractivity contribution in [1.29, 1.82) is 0 Å². The number of halogens is 1. The molecule has 2 rings (SSSR count). The highest BCUT2D eigenvalue weighted by Gasteiger charge is 2.13. The number of hydrogen-bond acceptors (Lipinski definition) is 2. The van der Waals surface area contributed by atoms with Gasteiger partial charge in [0.15, 0.2) is 0 Å². The Hall–Kier alpha value is -1.07. The smallest absolute Gasteiger partial charge is 0.119 e. The summed E-state index contributed by atoms with van der Waals surface area (Å²) in [6, 6.07) is 17.1. The Morgan fingerprint density at radius 3 is 2.40 bits per heavy atom. The second-order valence-electron chi connectivity index (χ2n) is 4.55. The Balaban J connectivity index is 2.35. The summed E-state index contributed by atoms with van der Waals surface area (Å²) in [6.45, 7) is 5.76. The molecule has 106 valence electrons. The largest absolute Gasteiger partial charge is 0.494 e. The van der Waals surface area contributed by atoms with Crippen molar-refractivity contribution in [2.75, 3.05) is 13.2 Å². The van der Waals surface area contributed by atoms with E-state index in [0.29, 0.717) is 6.61 Å². The highest BCUT2D eigenvalue weighted by molar-refractivity contribution is 14.1. The zero-order valence-corrected chi connectivity index (χ0v) is 14.1. The first-order chi connectivity index (χ1) is 9.74. The van der Waals surface area contributed by atoms with E-state index in [9.17, 15) is 0 Å². The third-order valence-electron chi connectivity index (χ3n) is 3.09. The van der Waals surface area contributed by atoms with Crippen molar-refractivity contribution < 1.29 is 4.74 Å². The van der Waals surface area contributed by atoms with Gasteiger partial charge in [0.05, 0.1) is 12.6 Å². The monoisotopic (exact) mass is 381 g/mol. The molecule has 0 spiro atoms. The van der Waals surface area contributed by atoms with E-state index in [0.717, 1.165) is 12.3 Å². The molecule has 0 radical (unpaired) electrons. The van der Waals surface area contributed by atoms with Crippen molar-refractivity contribution >= 4 is 22.6 Å². The molecule has 0 bridgehead atoms. The van der Waals surface area contributed by atoms with E-state index in [1.54, 1.807) is 0 Å². The number of rotatable bonds is 6. The average Bonchev–Trinajstić information content (AvgIpc) is 2.45. The van der Waals surface area contributed by atoms with Crippen LogP contribution in [0.4, 0.5) is 0 Å². The van der Waals surface area contributed by atoms with Crippen LogP contribution >= 0.6 is 22.6 Å². The summed E-state index contributed by atoms with van der Waals surface area (Å²) < 4.78 is 6.86. The number of nitrogens with one attached hydrogen (secondary N) is 1. The Bertz CT molecular complexity index is 556. The highest BCUT2D eigenvalue weighted by atomic mass is 127. The molecule has 0 saturated heterocycles. The lowest BCUT2D eigenvalue weighted by Gasteiger charge is -2.20. The van der Waals surface area contributed by atoms with Crippen LogP contribution in [-0.2, 0) is 0 Å². The standard InChI is InChI=1S/C17H20INO/c1-3-19-17(13-7-5-9-15(18)11-13)14-8-6-10-16(12-14)20-4-2/h5-12,17,19H,3-4H2,1-2H3. The Morgan fingerprint density at radius 1 is 1.05 bits per heavy atom. The van der Waals surface area contributed by atoms with Crippen LogP contribution in [0.25, 0.3) is 0 Å².